The Morgan fingerprint density at radius 2 is 2.22 bits per heavy atom. The fourth-order valence-corrected chi connectivity index (χ4v) is 1.90. The standard InChI is InChI=1S/C13H21N3O2/c1-14-10-12-2-3-13(11-15-12)18-9-6-16-4-7-17-8-5-16/h2-3,11,14H,4-10H2,1H3. The third-order valence-corrected chi connectivity index (χ3v) is 2.94. The molecule has 0 atom stereocenters. The minimum atomic E-state index is 0.701. The Morgan fingerprint density at radius 3 is 2.89 bits per heavy atom. The van der Waals surface area contributed by atoms with Crippen LogP contribution in [0.1, 0.15) is 5.69 Å². The molecule has 0 spiro atoms. The Hall–Kier alpha value is -1.17. The Labute approximate surface area is 108 Å². The summed E-state index contributed by atoms with van der Waals surface area (Å²) >= 11 is 0. The van der Waals surface area contributed by atoms with Gasteiger partial charge in [-0.05, 0) is 19.2 Å². The van der Waals surface area contributed by atoms with Gasteiger partial charge in [-0.3, -0.25) is 9.88 Å². The van der Waals surface area contributed by atoms with Crippen LogP contribution in [0.4, 0.5) is 0 Å². The minimum Gasteiger partial charge on any atom is -0.491 e. The second kappa shape index (κ2) is 7.31. The summed E-state index contributed by atoms with van der Waals surface area (Å²) in [5, 5.41) is 3.07. The third-order valence-electron chi connectivity index (χ3n) is 2.94. The van der Waals surface area contributed by atoms with Crippen molar-refractivity contribution in [3.8, 4) is 5.75 Å². The third kappa shape index (κ3) is 4.25. The molecule has 2 rings (SSSR count). The quantitative estimate of drug-likeness (QED) is 0.798. The molecule has 5 nitrogen and oxygen atoms in total. The van der Waals surface area contributed by atoms with E-state index in [1.54, 1.807) is 6.20 Å². The number of ether oxygens (including phenoxy) is 2. The first kappa shape index (κ1) is 13.3. The van der Waals surface area contributed by atoms with Crippen LogP contribution >= 0.6 is 0 Å². The van der Waals surface area contributed by atoms with Gasteiger partial charge < -0.3 is 14.8 Å². The van der Waals surface area contributed by atoms with Gasteiger partial charge in [0, 0.05) is 26.2 Å². The summed E-state index contributed by atoms with van der Waals surface area (Å²) < 4.78 is 11.0. The molecule has 1 aromatic rings. The van der Waals surface area contributed by atoms with E-state index in [1.807, 2.05) is 19.2 Å². The van der Waals surface area contributed by atoms with Crippen LogP contribution < -0.4 is 10.1 Å². The Kier molecular flexibility index (Phi) is 5.38. The first-order valence-electron chi connectivity index (χ1n) is 6.41. The van der Waals surface area contributed by atoms with Gasteiger partial charge >= 0.3 is 0 Å². The zero-order valence-electron chi connectivity index (χ0n) is 10.9. The molecule has 0 unspecified atom stereocenters. The van der Waals surface area contributed by atoms with Crippen LogP contribution in [0.25, 0.3) is 0 Å². The highest BCUT2D eigenvalue weighted by Crippen LogP contribution is 2.09. The summed E-state index contributed by atoms with van der Waals surface area (Å²) in [4.78, 5) is 6.67. The van der Waals surface area contributed by atoms with Crippen molar-refractivity contribution in [2.75, 3.05) is 46.5 Å². The van der Waals surface area contributed by atoms with Gasteiger partial charge in [-0.2, -0.15) is 0 Å². The van der Waals surface area contributed by atoms with Gasteiger partial charge in [-0.15, -0.1) is 0 Å². The maximum atomic E-state index is 5.68. The zero-order chi connectivity index (χ0) is 12.6. The summed E-state index contributed by atoms with van der Waals surface area (Å²) in [7, 11) is 1.91. The van der Waals surface area contributed by atoms with Gasteiger partial charge in [0.15, 0.2) is 0 Å². The molecule has 0 amide bonds. The van der Waals surface area contributed by atoms with Crippen LogP contribution in [0, 0.1) is 0 Å². The number of aromatic nitrogens is 1. The van der Waals surface area contributed by atoms with Crippen molar-refractivity contribution in [3.63, 3.8) is 0 Å². The van der Waals surface area contributed by atoms with E-state index in [2.05, 4.69) is 15.2 Å². The van der Waals surface area contributed by atoms with Crippen LogP contribution in [0.15, 0.2) is 18.3 Å². The Morgan fingerprint density at radius 1 is 1.39 bits per heavy atom. The lowest BCUT2D eigenvalue weighted by atomic mass is 10.3. The van der Waals surface area contributed by atoms with E-state index in [9.17, 15) is 0 Å². The van der Waals surface area contributed by atoms with Crippen molar-refractivity contribution in [2.45, 2.75) is 6.54 Å². The molecule has 0 saturated carbocycles. The van der Waals surface area contributed by atoms with E-state index in [0.717, 1.165) is 50.8 Å². The highest BCUT2D eigenvalue weighted by atomic mass is 16.5. The van der Waals surface area contributed by atoms with Gasteiger partial charge in [0.2, 0.25) is 0 Å². The second-order valence-electron chi connectivity index (χ2n) is 4.32. The maximum absolute atomic E-state index is 5.68. The molecule has 1 aliphatic heterocycles. The smallest absolute Gasteiger partial charge is 0.137 e. The summed E-state index contributed by atoms with van der Waals surface area (Å²) in [6, 6.07) is 3.96. The SMILES string of the molecule is CNCc1ccc(OCCN2CCOCC2)cn1. The Bertz CT molecular complexity index is 337. The van der Waals surface area contributed by atoms with Crippen LogP contribution in [0.5, 0.6) is 5.75 Å². The number of pyridine rings is 1. The van der Waals surface area contributed by atoms with Crippen molar-refractivity contribution in [2.24, 2.45) is 0 Å². The van der Waals surface area contributed by atoms with Crippen LogP contribution in [-0.2, 0) is 11.3 Å². The molecule has 1 saturated heterocycles. The van der Waals surface area contributed by atoms with Crippen molar-refractivity contribution >= 4 is 0 Å². The van der Waals surface area contributed by atoms with Gasteiger partial charge in [0.05, 0.1) is 25.1 Å². The van der Waals surface area contributed by atoms with Gasteiger partial charge in [-0.25, -0.2) is 0 Å². The van der Waals surface area contributed by atoms with E-state index in [1.165, 1.54) is 0 Å². The van der Waals surface area contributed by atoms with Crippen LogP contribution in [-0.4, -0.2) is 56.4 Å². The topological polar surface area (TPSA) is 46.6 Å². The van der Waals surface area contributed by atoms with Gasteiger partial charge in [0.1, 0.15) is 12.4 Å². The highest BCUT2D eigenvalue weighted by Gasteiger charge is 2.09. The summed E-state index contributed by atoms with van der Waals surface area (Å²) in [6.07, 6.45) is 1.78. The second-order valence-corrected chi connectivity index (χ2v) is 4.32. The molecule has 1 aliphatic rings. The maximum Gasteiger partial charge on any atom is 0.137 e. The number of hydrogen-bond donors (Lipinski definition) is 1. The van der Waals surface area contributed by atoms with Gasteiger partial charge in [0.25, 0.3) is 0 Å². The van der Waals surface area contributed by atoms with Crippen LogP contribution in [0.2, 0.25) is 0 Å². The van der Waals surface area contributed by atoms with E-state index in [0.29, 0.717) is 6.61 Å². The lowest BCUT2D eigenvalue weighted by molar-refractivity contribution is 0.0322. The first-order valence-corrected chi connectivity index (χ1v) is 6.41. The lowest BCUT2D eigenvalue weighted by Crippen LogP contribution is -2.38. The van der Waals surface area contributed by atoms with E-state index in [4.69, 9.17) is 9.47 Å². The predicted octanol–water partition coefficient (Wildman–Crippen LogP) is 0.512. The number of rotatable bonds is 6. The monoisotopic (exact) mass is 251 g/mol. The predicted molar refractivity (Wildman–Crippen MR) is 69.8 cm³/mol. The molecule has 0 aromatic carbocycles. The summed E-state index contributed by atoms with van der Waals surface area (Å²) in [6.45, 7) is 6.11. The average molecular weight is 251 g/mol. The summed E-state index contributed by atoms with van der Waals surface area (Å²) in [5.74, 6) is 0.836. The minimum absolute atomic E-state index is 0.701. The van der Waals surface area contributed by atoms with E-state index >= 15 is 0 Å². The molecule has 5 heteroatoms. The molecule has 2 heterocycles. The largest absolute Gasteiger partial charge is 0.491 e. The molecule has 1 aromatic heterocycles. The molecule has 0 radical (unpaired) electrons. The zero-order valence-corrected chi connectivity index (χ0v) is 10.9. The Balaban J connectivity index is 1.69. The van der Waals surface area contributed by atoms with Gasteiger partial charge in [-0.1, -0.05) is 0 Å². The lowest BCUT2D eigenvalue weighted by Gasteiger charge is -2.26. The van der Waals surface area contributed by atoms with Crippen molar-refractivity contribution < 1.29 is 9.47 Å². The highest BCUT2D eigenvalue weighted by molar-refractivity contribution is 5.19. The van der Waals surface area contributed by atoms with Crippen molar-refractivity contribution in [1.29, 1.82) is 0 Å². The fraction of sp³-hybridized carbons (Fsp3) is 0.615. The van der Waals surface area contributed by atoms with E-state index in [-0.39, 0.29) is 0 Å². The molecular formula is C13H21N3O2. The molecule has 0 aliphatic carbocycles. The van der Waals surface area contributed by atoms with Crippen molar-refractivity contribution in [1.82, 2.24) is 15.2 Å². The first-order chi connectivity index (χ1) is 8.88. The van der Waals surface area contributed by atoms with E-state index < -0.39 is 0 Å². The molecule has 1 N–H and O–H groups in total. The number of nitrogens with one attached hydrogen (secondary N) is 1. The normalized spacial score (nSPS) is 16.7. The number of hydrogen-bond acceptors (Lipinski definition) is 5. The summed E-state index contributed by atoms with van der Waals surface area (Å²) in [5.41, 5.74) is 1.03. The average Bonchev–Trinajstić information content (AvgIpc) is 2.42. The number of nitrogens with zero attached hydrogens (tertiary/aromatic N) is 2. The molecule has 18 heavy (non-hydrogen) atoms. The van der Waals surface area contributed by atoms with Crippen LogP contribution in [0.3, 0.4) is 0 Å². The molecule has 1 fully saturated rings. The molecule has 0 bridgehead atoms. The molecular weight excluding hydrogens is 230 g/mol. The van der Waals surface area contributed by atoms with Crippen molar-refractivity contribution in [3.05, 3.63) is 24.0 Å². The number of morpholine rings is 1. The molecule has 100 valence electrons. The fourth-order valence-electron chi connectivity index (χ4n) is 1.90.